The number of fused-ring (bicyclic) bond motifs is 2. The van der Waals surface area contributed by atoms with Crippen LogP contribution in [0.15, 0.2) is 12.3 Å². The number of nitrogens with zero attached hydrogens (tertiary/aromatic N) is 2. The SMILES string of the molecule is CCNCc1cnc(C)cc1N1CC2CCC(C1)O2. The summed E-state index contributed by atoms with van der Waals surface area (Å²) in [7, 11) is 0. The van der Waals surface area contributed by atoms with Gasteiger partial charge in [0.25, 0.3) is 0 Å². The van der Waals surface area contributed by atoms with Crippen molar-refractivity contribution in [1.82, 2.24) is 10.3 Å². The molecule has 2 aliphatic heterocycles. The lowest BCUT2D eigenvalue weighted by Crippen LogP contribution is -2.43. The van der Waals surface area contributed by atoms with E-state index in [2.05, 4.69) is 35.1 Å². The van der Waals surface area contributed by atoms with Crippen LogP contribution in [0.1, 0.15) is 31.0 Å². The molecule has 0 saturated carbocycles. The average molecular weight is 261 g/mol. The zero-order valence-electron chi connectivity index (χ0n) is 11.9. The predicted molar refractivity (Wildman–Crippen MR) is 76.5 cm³/mol. The number of hydrogen-bond donors (Lipinski definition) is 1. The third-order valence-corrected chi connectivity index (χ3v) is 4.05. The normalized spacial score (nSPS) is 25.9. The summed E-state index contributed by atoms with van der Waals surface area (Å²) < 4.78 is 5.93. The Morgan fingerprint density at radius 1 is 1.37 bits per heavy atom. The average Bonchev–Trinajstić information content (AvgIpc) is 2.76. The molecule has 0 amide bonds. The Hall–Kier alpha value is -1.13. The van der Waals surface area contributed by atoms with Crippen LogP contribution in [0.4, 0.5) is 5.69 Å². The third kappa shape index (κ3) is 2.74. The minimum Gasteiger partial charge on any atom is -0.371 e. The van der Waals surface area contributed by atoms with Crippen LogP contribution in [0.2, 0.25) is 0 Å². The molecule has 1 aromatic heterocycles. The van der Waals surface area contributed by atoms with Gasteiger partial charge in [-0.05, 0) is 32.4 Å². The first-order valence-corrected chi connectivity index (χ1v) is 7.33. The van der Waals surface area contributed by atoms with Gasteiger partial charge < -0.3 is 15.0 Å². The van der Waals surface area contributed by atoms with Gasteiger partial charge >= 0.3 is 0 Å². The van der Waals surface area contributed by atoms with Gasteiger partial charge in [-0.25, -0.2) is 0 Å². The predicted octanol–water partition coefficient (Wildman–Crippen LogP) is 1.87. The Bertz CT molecular complexity index is 437. The zero-order valence-corrected chi connectivity index (χ0v) is 11.9. The Kier molecular flexibility index (Phi) is 3.71. The number of hydrogen-bond acceptors (Lipinski definition) is 4. The molecule has 2 saturated heterocycles. The van der Waals surface area contributed by atoms with Crippen LogP contribution in [0, 0.1) is 6.92 Å². The van der Waals surface area contributed by atoms with Crippen molar-refractivity contribution in [2.45, 2.75) is 45.4 Å². The topological polar surface area (TPSA) is 37.4 Å². The Morgan fingerprint density at radius 3 is 2.79 bits per heavy atom. The molecule has 0 spiro atoms. The van der Waals surface area contributed by atoms with Gasteiger partial charge in [-0.15, -0.1) is 0 Å². The molecule has 2 aliphatic rings. The molecule has 3 rings (SSSR count). The molecular formula is C15H23N3O. The molecule has 2 unspecified atom stereocenters. The lowest BCUT2D eigenvalue weighted by atomic mass is 10.1. The van der Waals surface area contributed by atoms with Crippen LogP contribution in [-0.2, 0) is 11.3 Å². The molecule has 3 heterocycles. The number of aryl methyl sites for hydroxylation is 1. The van der Waals surface area contributed by atoms with Crippen molar-refractivity contribution in [2.75, 3.05) is 24.5 Å². The van der Waals surface area contributed by atoms with Gasteiger partial charge in [-0.2, -0.15) is 0 Å². The number of morpholine rings is 1. The number of anilines is 1. The molecule has 4 nitrogen and oxygen atoms in total. The summed E-state index contributed by atoms with van der Waals surface area (Å²) in [4.78, 5) is 6.94. The highest BCUT2D eigenvalue weighted by atomic mass is 16.5. The van der Waals surface area contributed by atoms with E-state index in [0.717, 1.165) is 31.9 Å². The molecule has 4 heteroatoms. The maximum Gasteiger partial charge on any atom is 0.0755 e. The van der Waals surface area contributed by atoms with Crippen LogP contribution < -0.4 is 10.2 Å². The highest BCUT2D eigenvalue weighted by Crippen LogP contribution is 2.31. The number of aromatic nitrogens is 1. The van der Waals surface area contributed by atoms with E-state index in [4.69, 9.17) is 4.74 Å². The number of pyridine rings is 1. The number of rotatable bonds is 4. The molecule has 19 heavy (non-hydrogen) atoms. The molecule has 1 aromatic rings. The van der Waals surface area contributed by atoms with Gasteiger partial charge in [0.2, 0.25) is 0 Å². The quantitative estimate of drug-likeness (QED) is 0.898. The van der Waals surface area contributed by atoms with Gasteiger partial charge in [0, 0.05) is 42.8 Å². The molecule has 1 N–H and O–H groups in total. The van der Waals surface area contributed by atoms with Crippen molar-refractivity contribution in [1.29, 1.82) is 0 Å². The smallest absolute Gasteiger partial charge is 0.0755 e. The second kappa shape index (κ2) is 5.47. The molecule has 104 valence electrons. The van der Waals surface area contributed by atoms with Crippen LogP contribution >= 0.6 is 0 Å². The highest BCUT2D eigenvalue weighted by Gasteiger charge is 2.34. The Labute approximate surface area is 115 Å². The highest BCUT2D eigenvalue weighted by molar-refractivity contribution is 5.54. The summed E-state index contributed by atoms with van der Waals surface area (Å²) in [5.41, 5.74) is 3.73. The van der Waals surface area contributed by atoms with Crippen LogP contribution in [0.5, 0.6) is 0 Å². The van der Waals surface area contributed by atoms with Gasteiger partial charge in [0.15, 0.2) is 0 Å². The fourth-order valence-corrected chi connectivity index (χ4v) is 3.08. The first-order valence-electron chi connectivity index (χ1n) is 7.33. The number of ether oxygens (including phenoxy) is 1. The minimum absolute atomic E-state index is 0.430. The maximum absolute atomic E-state index is 5.93. The monoisotopic (exact) mass is 261 g/mol. The second-order valence-corrected chi connectivity index (χ2v) is 5.60. The van der Waals surface area contributed by atoms with Crippen LogP contribution in [-0.4, -0.2) is 36.8 Å². The first-order chi connectivity index (χ1) is 9.26. The van der Waals surface area contributed by atoms with Gasteiger partial charge in [0.1, 0.15) is 0 Å². The fourth-order valence-electron chi connectivity index (χ4n) is 3.08. The maximum atomic E-state index is 5.93. The lowest BCUT2D eigenvalue weighted by molar-refractivity contribution is 0.0304. The van der Waals surface area contributed by atoms with E-state index >= 15 is 0 Å². The van der Waals surface area contributed by atoms with Crippen molar-refractivity contribution in [3.8, 4) is 0 Å². The van der Waals surface area contributed by atoms with Gasteiger partial charge in [-0.1, -0.05) is 6.92 Å². The molecular weight excluding hydrogens is 238 g/mol. The zero-order chi connectivity index (χ0) is 13.2. The second-order valence-electron chi connectivity index (χ2n) is 5.60. The molecule has 2 atom stereocenters. The summed E-state index contributed by atoms with van der Waals surface area (Å²) in [6.45, 7) is 8.14. The van der Waals surface area contributed by atoms with E-state index in [0.29, 0.717) is 12.2 Å². The largest absolute Gasteiger partial charge is 0.371 e. The van der Waals surface area contributed by atoms with Crippen molar-refractivity contribution < 1.29 is 4.74 Å². The van der Waals surface area contributed by atoms with E-state index in [-0.39, 0.29) is 0 Å². The van der Waals surface area contributed by atoms with E-state index in [1.165, 1.54) is 24.1 Å². The van der Waals surface area contributed by atoms with Crippen LogP contribution in [0.25, 0.3) is 0 Å². The van der Waals surface area contributed by atoms with E-state index < -0.39 is 0 Å². The lowest BCUT2D eigenvalue weighted by Gasteiger charge is -2.35. The van der Waals surface area contributed by atoms with Crippen molar-refractivity contribution in [3.05, 3.63) is 23.5 Å². The van der Waals surface area contributed by atoms with Crippen molar-refractivity contribution >= 4 is 5.69 Å². The van der Waals surface area contributed by atoms with E-state index in [1.54, 1.807) is 0 Å². The minimum atomic E-state index is 0.430. The summed E-state index contributed by atoms with van der Waals surface area (Å²) in [6, 6.07) is 2.22. The first kappa shape index (κ1) is 12.9. The standard InChI is InChI=1S/C15H23N3O/c1-3-16-7-12-8-17-11(2)6-15(12)18-9-13-4-5-14(10-18)19-13/h6,8,13-14,16H,3-5,7,9-10H2,1-2H3. The van der Waals surface area contributed by atoms with Crippen molar-refractivity contribution in [3.63, 3.8) is 0 Å². The summed E-state index contributed by atoms with van der Waals surface area (Å²) in [6.07, 6.45) is 5.31. The molecule has 2 bridgehead atoms. The molecule has 2 fully saturated rings. The van der Waals surface area contributed by atoms with Crippen molar-refractivity contribution in [2.24, 2.45) is 0 Å². The Balaban J connectivity index is 1.83. The third-order valence-electron chi connectivity index (χ3n) is 4.05. The summed E-state index contributed by atoms with van der Waals surface area (Å²) in [5, 5.41) is 3.40. The number of nitrogens with one attached hydrogen (secondary N) is 1. The fraction of sp³-hybridized carbons (Fsp3) is 0.667. The van der Waals surface area contributed by atoms with Gasteiger partial charge in [0.05, 0.1) is 12.2 Å². The van der Waals surface area contributed by atoms with E-state index in [9.17, 15) is 0 Å². The summed E-state index contributed by atoms with van der Waals surface area (Å²) in [5.74, 6) is 0. The molecule has 0 radical (unpaired) electrons. The summed E-state index contributed by atoms with van der Waals surface area (Å²) >= 11 is 0. The van der Waals surface area contributed by atoms with E-state index in [1.807, 2.05) is 6.20 Å². The van der Waals surface area contributed by atoms with Gasteiger partial charge in [-0.3, -0.25) is 4.98 Å². The van der Waals surface area contributed by atoms with Crippen LogP contribution in [0.3, 0.4) is 0 Å². The molecule has 0 aliphatic carbocycles. The Morgan fingerprint density at radius 2 is 2.11 bits per heavy atom. The molecule has 0 aromatic carbocycles.